The van der Waals surface area contributed by atoms with Crippen LogP contribution < -0.4 is 9.80 Å². The van der Waals surface area contributed by atoms with Gasteiger partial charge in [-0.05, 0) is 119 Å². The molecule has 0 radical (unpaired) electrons. The maximum atomic E-state index is 2.30. The first-order valence-corrected chi connectivity index (χ1v) is 16.7. The van der Waals surface area contributed by atoms with Crippen LogP contribution in [-0.2, 0) is 0 Å². The van der Waals surface area contributed by atoms with E-state index in [-0.39, 0.29) is 0 Å². The van der Waals surface area contributed by atoms with Gasteiger partial charge in [0.2, 0.25) is 0 Å². The summed E-state index contributed by atoms with van der Waals surface area (Å²) in [6.07, 6.45) is 0. The molecule has 0 atom stereocenters. The summed E-state index contributed by atoms with van der Waals surface area (Å²) in [6.45, 7) is 0. The molecule has 0 saturated carbocycles. The lowest BCUT2D eigenvalue weighted by Gasteiger charge is -2.23. The summed E-state index contributed by atoms with van der Waals surface area (Å²) in [5, 5.41) is 6.65. The molecule has 5 heteroatoms. The SMILES string of the molecule is c1ccc(N(c2ccc(Sc3ccc(-c4ccc(N(c5ccccc5)c5cccs5)cc4)cc3)cc2)c2cccs2)cc1. The second-order valence-electron chi connectivity index (χ2n) is 9.91. The topological polar surface area (TPSA) is 6.48 Å². The van der Waals surface area contributed by atoms with Gasteiger partial charge in [-0.2, -0.15) is 0 Å². The van der Waals surface area contributed by atoms with Crippen molar-refractivity contribution >= 4 is 67.2 Å². The number of anilines is 6. The van der Waals surface area contributed by atoms with Gasteiger partial charge in [-0.25, -0.2) is 0 Å². The van der Waals surface area contributed by atoms with E-state index in [1.54, 1.807) is 34.4 Å². The molecule has 7 aromatic rings. The van der Waals surface area contributed by atoms with Crippen LogP contribution in [-0.4, -0.2) is 0 Å². The highest BCUT2D eigenvalue weighted by Crippen LogP contribution is 2.40. The van der Waals surface area contributed by atoms with E-state index in [1.165, 1.54) is 30.9 Å². The summed E-state index contributed by atoms with van der Waals surface area (Å²) >= 11 is 5.28. The van der Waals surface area contributed by atoms with Crippen molar-refractivity contribution in [1.29, 1.82) is 0 Å². The van der Waals surface area contributed by atoms with Gasteiger partial charge in [0.1, 0.15) is 0 Å². The highest BCUT2D eigenvalue weighted by atomic mass is 32.2. The van der Waals surface area contributed by atoms with Crippen molar-refractivity contribution in [2.45, 2.75) is 9.79 Å². The maximum Gasteiger partial charge on any atom is 0.0999 e. The van der Waals surface area contributed by atoms with E-state index in [9.17, 15) is 0 Å². The molecule has 0 amide bonds. The van der Waals surface area contributed by atoms with Crippen molar-refractivity contribution in [3.63, 3.8) is 0 Å². The predicted molar refractivity (Wildman–Crippen MR) is 188 cm³/mol. The Balaban J connectivity index is 1.06. The molecule has 0 N–H and O–H groups in total. The molecule has 0 aliphatic heterocycles. The van der Waals surface area contributed by atoms with Crippen LogP contribution in [0.15, 0.2) is 178 Å². The maximum absolute atomic E-state index is 2.30. The van der Waals surface area contributed by atoms with Crippen LogP contribution in [0.1, 0.15) is 0 Å². The molecule has 0 unspecified atom stereocenters. The van der Waals surface area contributed by atoms with Crippen LogP contribution in [0.25, 0.3) is 11.1 Å². The van der Waals surface area contributed by atoms with Crippen molar-refractivity contribution < 1.29 is 0 Å². The van der Waals surface area contributed by atoms with Crippen LogP contribution in [0.4, 0.5) is 32.8 Å². The Kier molecular flexibility index (Phi) is 8.10. The lowest BCUT2D eigenvalue weighted by molar-refractivity contribution is 1.29. The minimum Gasteiger partial charge on any atom is -0.302 e. The van der Waals surface area contributed by atoms with Crippen LogP contribution in [0.2, 0.25) is 0 Å². The third kappa shape index (κ3) is 6.15. The third-order valence-corrected chi connectivity index (χ3v) is 9.85. The molecule has 2 aromatic heterocycles. The summed E-state index contributed by atoms with van der Waals surface area (Å²) in [6, 6.07) is 56.1. The van der Waals surface area contributed by atoms with Gasteiger partial charge in [-0.1, -0.05) is 72.4 Å². The van der Waals surface area contributed by atoms with E-state index in [0.717, 1.165) is 22.7 Å². The smallest absolute Gasteiger partial charge is 0.0999 e. The highest BCUT2D eigenvalue weighted by Gasteiger charge is 2.14. The summed E-state index contributed by atoms with van der Waals surface area (Å²) in [5.41, 5.74) is 7.04. The Morgan fingerprint density at radius 3 is 1.14 bits per heavy atom. The van der Waals surface area contributed by atoms with Crippen LogP contribution in [0, 0.1) is 0 Å². The molecule has 0 aliphatic carbocycles. The molecule has 5 aromatic carbocycles. The molecule has 2 heterocycles. The van der Waals surface area contributed by atoms with Crippen molar-refractivity contribution in [2.75, 3.05) is 9.80 Å². The van der Waals surface area contributed by atoms with E-state index in [2.05, 4.69) is 178 Å². The third-order valence-electron chi connectivity index (χ3n) is 7.13. The predicted octanol–water partition coefficient (Wildman–Crippen LogP) is 12.6. The number of hydrogen-bond acceptors (Lipinski definition) is 5. The van der Waals surface area contributed by atoms with Gasteiger partial charge in [0.25, 0.3) is 0 Å². The number of nitrogens with zero attached hydrogens (tertiary/aromatic N) is 2. The first kappa shape index (κ1) is 27.3. The van der Waals surface area contributed by atoms with Crippen molar-refractivity contribution in [1.82, 2.24) is 0 Å². The highest BCUT2D eigenvalue weighted by molar-refractivity contribution is 7.99. The fourth-order valence-electron chi connectivity index (χ4n) is 5.07. The Hall–Kier alpha value is -4.55. The van der Waals surface area contributed by atoms with E-state index >= 15 is 0 Å². The number of benzene rings is 5. The Morgan fingerprint density at radius 2 is 0.721 bits per heavy atom. The van der Waals surface area contributed by atoms with Gasteiger partial charge >= 0.3 is 0 Å². The average Bonchev–Trinajstić information content (AvgIpc) is 3.80. The summed E-state index contributed by atoms with van der Waals surface area (Å²) in [4.78, 5) is 7.05. The molecular formula is C38H28N2S3. The number of hydrogen-bond donors (Lipinski definition) is 0. The normalized spacial score (nSPS) is 10.9. The van der Waals surface area contributed by atoms with E-state index in [1.807, 2.05) is 0 Å². The number of rotatable bonds is 9. The fourth-order valence-corrected chi connectivity index (χ4v) is 7.43. The van der Waals surface area contributed by atoms with E-state index < -0.39 is 0 Å². The quantitative estimate of drug-likeness (QED) is 0.161. The zero-order valence-electron chi connectivity index (χ0n) is 23.3. The summed E-state index contributed by atoms with van der Waals surface area (Å²) < 4.78 is 0. The summed E-state index contributed by atoms with van der Waals surface area (Å²) in [5.74, 6) is 0. The lowest BCUT2D eigenvalue weighted by Crippen LogP contribution is -2.07. The van der Waals surface area contributed by atoms with Gasteiger partial charge in [-0.15, -0.1) is 22.7 Å². The average molecular weight is 609 g/mol. The number of para-hydroxylation sites is 2. The molecule has 0 saturated heterocycles. The molecule has 0 fully saturated rings. The Bertz CT molecular complexity index is 1850. The van der Waals surface area contributed by atoms with Crippen molar-refractivity contribution in [3.8, 4) is 11.1 Å². The van der Waals surface area contributed by atoms with Gasteiger partial charge in [0, 0.05) is 32.5 Å². The molecule has 2 nitrogen and oxygen atoms in total. The van der Waals surface area contributed by atoms with Gasteiger partial charge in [-0.3, -0.25) is 0 Å². The molecule has 0 aliphatic rings. The Morgan fingerprint density at radius 1 is 0.349 bits per heavy atom. The fraction of sp³-hybridized carbons (Fsp3) is 0. The molecular weight excluding hydrogens is 581 g/mol. The lowest BCUT2D eigenvalue weighted by atomic mass is 10.1. The Labute approximate surface area is 265 Å². The molecule has 43 heavy (non-hydrogen) atoms. The summed E-state index contributed by atoms with van der Waals surface area (Å²) in [7, 11) is 0. The zero-order chi connectivity index (χ0) is 28.8. The van der Waals surface area contributed by atoms with Crippen molar-refractivity contribution in [3.05, 3.63) is 168 Å². The minimum absolute atomic E-state index is 1.15. The van der Waals surface area contributed by atoms with Crippen LogP contribution in [0.5, 0.6) is 0 Å². The first-order valence-electron chi connectivity index (χ1n) is 14.1. The second-order valence-corrected chi connectivity index (χ2v) is 12.9. The first-order chi connectivity index (χ1) is 21.3. The second kappa shape index (κ2) is 12.8. The van der Waals surface area contributed by atoms with Gasteiger partial charge in [0.15, 0.2) is 0 Å². The van der Waals surface area contributed by atoms with Crippen molar-refractivity contribution in [2.24, 2.45) is 0 Å². The zero-order valence-corrected chi connectivity index (χ0v) is 25.7. The molecule has 0 spiro atoms. The molecule has 0 bridgehead atoms. The number of thiophene rings is 2. The minimum atomic E-state index is 1.15. The van der Waals surface area contributed by atoms with Gasteiger partial charge in [0.05, 0.1) is 10.0 Å². The molecule has 208 valence electrons. The van der Waals surface area contributed by atoms with Crippen LogP contribution in [0.3, 0.4) is 0 Å². The molecule has 7 rings (SSSR count). The van der Waals surface area contributed by atoms with E-state index in [4.69, 9.17) is 0 Å². The monoisotopic (exact) mass is 608 g/mol. The largest absolute Gasteiger partial charge is 0.302 e. The standard InChI is InChI=1S/C38H28N2S3/c1-3-9-31(10-4-1)39(37-13-7-27-41-37)33-19-15-29(16-20-33)30-17-23-35(24-18-30)43-36-25-21-34(22-26-36)40(38-14-8-28-42-38)32-11-5-2-6-12-32/h1-28H. The van der Waals surface area contributed by atoms with Crippen LogP contribution >= 0.6 is 34.4 Å². The van der Waals surface area contributed by atoms with E-state index in [0.29, 0.717) is 0 Å². The van der Waals surface area contributed by atoms with Gasteiger partial charge < -0.3 is 9.80 Å².